The largest absolute Gasteiger partial charge is 0.534 e. The maximum absolute atomic E-state index is 12.6. The van der Waals surface area contributed by atoms with Gasteiger partial charge in [-0.3, -0.25) is 0 Å². The molecule has 0 aromatic heterocycles. The zero-order chi connectivity index (χ0) is 17.3. The van der Waals surface area contributed by atoms with Gasteiger partial charge in [-0.25, -0.2) is 4.79 Å². The highest BCUT2D eigenvalue weighted by Crippen LogP contribution is 2.41. The fraction of sp³-hybridized carbons (Fsp3) is 0.700. The van der Waals surface area contributed by atoms with Gasteiger partial charge in [-0.15, -0.1) is 0 Å². The predicted molar refractivity (Wildman–Crippen MR) is 58.5 cm³/mol. The Kier molecular flexibility index (Phi) is 5.04. The molecule has 1 atom stereocenters. The van der Waals surface area contributed by atoms with E-state index in [9.17, 15) is 39.6 Å². The molecule has 0 aromatic carbocycles. The Hall–Kier alpha value is -1.46. The van der Waals surface area contributed by atoms with E-state index in [0.717, 1.165) is 7.11 Å². The molecule has 22 heavy (non-hydrogen) atoms. The van der Waals surface area contributed by atoms with Gasteiger partial charge in [-0.1, -0.05) is 0 Å². The lowest BCUT2D eigenvalue weighted by atomic mass is 9.87. The van der Waals surface area contributed by atoms with E-state index in [2.05, 4.69) is 8.92 Å². The lowest BCUT2D eigenvalue weighted by Gasteiger charge is -2.27. The van der Waals surface area contributed by atoms with E-state index >= 15 is 0 Å². The summed E-state index contributed by atoms with van der Waals surface area (Å²) in [6, 6.07) is 0. The molecule has 0 radical (unpaired) electrons. The van der Waals surface area contributed by atoms with Crippen LogP contribution in [0, 0.1) is 5.92 Å². The number of alkyl halides is 6. The number of esters is 1. The molecule has 1 aliphatic rings. The summed E-state index contributed by atoms with van der Waals surface area (Å²) in [5.41, 5.74) is -6.63. The first-order valence-electron chi connectivity index (χ1n) is 5.67. The summed E-state index contributed by atoms with van der Waals surface area (Å²) in [7, 11) is -5.28. The van der Waals surface area contributed by atoms with Gasteiger partial charge in [0.15, 0.2) is 0 Å². The van der Waals surface area contributed by atoms with Crippen LogP contribution >= 0.6 is 0 Å². The van der Waals surface area contributed by atoms with E-state index < -0.39 is 64.3 Å². The van der Waals surface area contributed by atoms with Crippen LogP contribution < -0.4 is 0 Å². The molecule has 0 amide bonds. The number of halogens is 6. The number of carbonyl (C=O) groups is 1. The SMILES string of the molecule is COC(=O)C1=C(OS(=O)(=O)C(F)(F)F)CCC(C(F)(F)F)C1. The second-order valence-electron chi connectivity index (χ2n) is 4.36. The molecule has 0 N–H and O–H groups in total. The van der Waals surface area contributed by atoms with Gasteiger partial charge in [0.1, 0.15) is 5.76 Å². The minimum atomic E-state index is -6.07. The summed E-state index contributed by atoms with van der Waals surface area (Å²) >= 11 is 0. The van der Waals surface area contributed by atoms with Crippen LogP contribution in [0.15, 0.2) is 11.3 Å². The van der Waals surface area contributed by atoms with Crippen molar-refractivity contribution in [1.82, 2.24) is 0 Å². The molecule has 1 aliphatic carbocycles. The van der Waals surface area contributed by atoms with Gasteiger partial charge in [0.2, 0.25) is 0 Å². The highest BCUT2D eigenvalue weighted by Gasteiger charge is 2.50. The minimum absolute atomic E-state index is 0.702. The van der Waals surface area contributed by atoms with Crippen LogP contribution in [0.3, 0.4) is 0 Å². The first-order valence-corrected chi connectivity index (χ1v) is 7.08. The summed E-state index contributed by atoms with van der Waals surface area (Å²) in [5.74, 6) is -4.35. The third-order valence-corrected chi connectivity index (χ3v) is 3.88. The van der Waals surface area contributed by atoms with Gasteiger partial charge in [0.05, 0.1) is 18.6 Å². The van der Waals surface area contributed by atoms with Crippen LogP contribution in [-0.4, -0.2) is 33.2 Å². The highest BCUT2D eigenvalue weighted by atomic mass is 32.2. The molecular formula is C10H10F6O5S. The highest BCUT2D eigenvalue weighted by molar-refractivity contribution is 7.87. The Morgan fingerprint density at radius 2 is 1.73 bits per heavy atom. The van der Waals surface area contributed by atoms with Crippen molar-refractivity contribution < 1.29 is 48.5 Å². The molecule has 5 nitrogen and oxygen atoms in total. The van der Waals surface area contributed by atoms with Gasteiger partial charge in [0, 0.05) is 6.42 Å². The lowest BCUT2D eigenvalue weighted by Crippen LogP contribution is -2.31. The van der Waals surface area contributed by atoms with E-state index in [1.165, 1.54) is 0 Å². The molecule has 0 aromatic rings. The van der Waals surface area contributed by atoms with E-state index in [4.69, 9.17) is 0 Å². The lowest BCUT2D eigenvalue weighted by molar-refractivity contribution is -0.178. The van der Waals surface area contributed by atoms with Gasteiger partial charge < -0.3 is 8.92 Å². The maximum Gasteiger partial charge on any atom is 0.534 e. The number of rotatable bonds is 3. The third-order valence-electron chi connectivity index (χ3n) is 2.90. The van der Waals surface area contributed by atoms with Crippen LogP contribution in [0.1, 0.15) is 19.3 Å². The van der Waals surface area contributed by atoms with Gasteiger partial charge in [-0.05, 0) is 12.8 Å². The van der Waals surface area contributed by atoms with Crippen LogP contribution in [-0.2, 0) is 23.8 Å². The molecule has 0 bridgehead atoms. The van der Waals surface area contributed by atoms with Crippen molar-refractivity contribution in [1.29, 1.82) is 0 Å². The van der Waals surface area contributed by atoms with Crippen molar-refractivity contribution >= 4 is 16.1 Å². The zero-order valence-corrected chi connectivity index (χ0v) is 11.7. The number of hydrogen-bond acceptors (Lipinski definition) is 5. The number of methoxy groups -OCH3 is 1. The van der Waals surface area contributed by atoms with E-state index in [-0.39, 0.29) is 0 Å². The molecule has 0 fully saturated rings. The topological polar surface area (TPSA) is 69.7 Å². The van der Waals surface area contributed by atoms with Crippen molar-refractivity contribution in [2.45, 2.75) is 30.9 Å². The van der Waals surface area contributed by atoms with Crippen molar-refractivity contribution in [2.75, 3.05) is 7.11 Å². The molecule has 12 heteroatoms. The normalized spacial score (nSPS) is 20.8. The second-order valence-corrected chi connectivity index (χ2v) is 5.90. The van der Waals surface area contributed by atoms with Crippen molar-refractivity contribution in [2.24, 2.45) is 5.92 Å². The van der Waals surface area contributed by atoms with E-state index in [1.54, 1.807) is 0 Å². The Balaban J connectivity index is 3.18. The molecule has 1 unspecified atom stereocenters. The minimum Gasteiger partial charge on any atom is -0.466 e. The Labute approximate surface area is 121 Å². The molecule has 0 aliphatic heterocycles. The number of allylic oxidation sites excluding steroid dienone is 1. The zero-order valence-electron chi connectivity index (χ0n) is 10.9. The first-order chi connectivity index (χ1) is 9.79. The van der Waals surface area contributed by atoms with Crippen LogP contribution in [0.4, 0.5) is 26.3 Å². The monoisotopic (exact) mass is 356 g/mol. The fourth-order valence-electron chi connectivity index (χ4n) is 1.79. The smallest absolute Gasteiger partial charge is 0.466 e. The quantitative estimate of drug-likeness (QED) is 0.337. The second kappa shape index (κ2) is 5.97. The van der Waals surface area contributed by atoms with Crippen LogP contribution in [0.5, 0.6) is 0 Å². The molecule has 128 valence electrons. The van der Waals surface area contributed by atoms with Crippen molar-refractivity contribution in [3.8, 4) is 0 Å². The molecule has 1 rings (SSSR count). The summed E-state index contributed by atoms with van der Waals surface area (Å²) in [6.45, 7) is 0. The van der Waals surface area contributed by atoms with E-state index in [0.29, 0.717) is 0 Å². The average molecular weight is 356 g/mol. The van der Waals surface area contributed by atoms with Crippen LogP contribution in [0.2, 0.25) is 0 Å². The van der Waals surface area contributed by atoms with Crippen molar-refractivity contribution in [3.63, 3.8) is 0 Å². The van der Waals surface area contributed by atoms with Gasteiger partial charge in [-0.2, -0.15) is 34.8 Å². The molecule has 0 saturated carbocycles. The Bertz CT molecular complexity index is 574. The van der Waals surface area contributed by atoms with E-state index in [1.807, 2.05) is 0 Å². The molecule has 0 saturated heterocycles. The molecular weight excluding hydrogens is 346 g/mol. The molecule has 0 heterocycles. The Morgan fingerprint density at radius 3 is 2.14 bits per heavy atom. The number of carbonyl (C=O) groups excluding carboxylic acids is 1. The first kappa shape index (κ1) is 18.6. The Morgan fingerprint density at radius 1 is 1.18 bits per heavy atom. The predicted octanol–water partition coefficient (Wildman–Crippen LogP) is 2.64. The summed E-state index contributed by atoms with van der Waals surface area (Å²) in [5, 5.41) is 0. The summed E-state index contributed by atoms with van der Waals surface area (Å²) in [6.07, 6.45) is -7.19. The average Bonchev–Trinajstić information content (AvgIpc) is 2.35. The number of hydrogen-bond donors (Lipinski definition) is 0. The maximum atomic E-state index is 12.6. The third kappa shape index (κ3) is 4.05. The standard InChI is InChI=1S/C10H10F6O5S/c1-20-8(17)6-4-5(9(11,12)13)2-3-7(6)21-22(18,19)10(14,15)16/h5H,2-4H2,1H3. The number of ether oxygens (including phenoxy) is 1. The van der Waals surface area contributed by atoms with Crippen LogP contribution in [0.25, 0.3) is 0 Å². The molecule has 0 spiro atoms. The van der Waals surface area contributed by atoms with Crippen molar-refractivity contribution in [3.05, 3.63) is 11.3 Å². The fourth-order valence-corrected chi connectivity index (χ4v) is 2.33. The van der Waals surface area contributed by atoms with Gasteiger partial charge >= 0.3 is 27.8 Å². The van der Waals surface area contributed by atoms with Gasteiger partial charge in [0.25, 0.3) is 0 Å². The summed E-state index contributed by atoms with van der Waals surface area (Å²) < 4.78 is 104. The summed E-state index contributed by atoms with van der Waals surface area (Å²) in [4.78, 5) is 11.4.